The summed E-state index contributed by atoms with van der Waals surface area (Å²) >= 11 is 0. The molecule has 0 saturated carbocycles. The molecule has 7 aromatic rings. The lowest BCUT2D eigenvalue weighted by molar-refractivity contribution is 0.652. The summed E-state index contributed by atoms with van der Waals surface area (Å²) in [5.41, 5.74) is 24.0. The van der Waals surface area contributed by atoms with Crippen molar-refractivity contribution in [1.82, 2.24) is 9.97 Å². The molecule has 11 rings (SSSR count). The number of allylic oxidation sites excluding steroid dienone is 8. The maximum absolute atomic E-state index is 5.53. The van der Waals surface area contributed by atoms with Crippen LogP contribution in [0, 0.1) is 0 Å². The van der Waals surface area contributed by atoms with Gasteiger partial charge in [0.1, 0.15) is 0 Å². The lowest BCUT2D eigenvalue weighted by Crippen LogP contribution is -2.17. The number of nitrogens with zero attached hydrogens (tertiary/aromatic N) is 2. The van der Waals surface area contributed by atoms with E-state index in [9.17, 15) is 0 Å². The topological polar surface area (TPSA) is 25.8 Å². The number of benzene rings is 6. The molecular weight excluding hydrogens is 725 g/mol. The zero-order valence-corrected chi connectivity index (χ0v) is 34.9. The highest BCUT2D eigenvalue weighted by atomic mass is 14.9. The molecule has 0 unspecified atom stereocenters. The fourth-order valence-corrected chi connectivity index (χ4v) is 10.2. The van der Waals surface area contributed by atoms with Gasteiger partial charge in [-0.25, -0.2) is 9.97 Å². The van der Waals surface area contributed by atoms with Gasteiger partial charge in [-0.05, 0) is 128 Å². The van der Waals surface area contributed by atoms with Crippen molar-refractivity contribution in [3.05, 3.63) is 204 Å². The molecule has 2 heteroatoms. The predicted octanol–water partition coefficient (Wildman–Crippen LogP) is 15.2. The molecule has 0 aliphatic heterocycles. The minimum absolute atomic E-state index is 0.0187. The highest BCUT2D eigenvalue weighted by Gasteiger charge is 2.41. The van der Waals surface area contributed by atoms with Crippen LogP contribution in [0.1, 0.15) is 87.0 Å². The number of hydrogen-bond donors (Lipinski definition) is 0. The molecule has 0 amide bonds. The average Bonchev–Trinajstić information content (AvgIpc) is 3.67. The van der Waals surface area contributed by atoms with Crippen LogP contribution in [-0.4, -0.2) is 9.97 Å². The van der Waals surface area contributed by atoms with Gasteiger partial charge in [0, 0.05) is 22.0 Å². The van der Waals surface area contributed by atoms with Gasteiger partial charge >= 0.3 is 0 Å². The third-order valence-electron chi connectivity index (χ3n) is 13.5. The fraction of sp³-hybridized carbons (Fsp3) is 0.172. The van der Waals surface area contributed by atoms with Crippen LogP contribution in [0.15, 0.2) is 170 Å². The van der Waals surface area contributed by atoms with E-state index in [1.54, 1.807) is 0 Å². The highest BCUT2D eigenvalue weighted by Crippen LogP contribution is 2.56. The van der Waals surface area contributed by atoms with Crippen LogP contribution in [0.5, 0.6) is 0 Å². The standard InChI is InChI=1S/C58H48N2/c1-57(2)49-26-15-14-25-45(49)47-35-52-48(36-51(47)57)46-32-31-43(34-50(46)58(52,3)4)38-29-27-37(28-30-38)42-23-16-24-44(33-42)56-55(41-21-12-7-13-22-41)59-53(39-17-8-5-9-18-39)54(60-56)40-19-10-6-11-20-40/h6,8,10-12,14-36H,5,7,9,13H2,1-4H3. The molecule has 0 atom stereocenters. The second-order valence-corrected chi connectivity index (χ2v) is 17.9. The number of aromatic nitrogens is 2. The first kappa shape index (κ1) is 36.4. The van der Waals surface area contributed by atoms with Crippen LogP contribution in [0.3, 0.4) is 0 Å². The van der Waals surface area contributed by atoms with E-state index in [0.29, 0.717) is 0 Å². The van der Waals surface area contributed by atoms with Gasteiger partial charge in [-0.1, -0.05) is 173 Å². The Kier molecular flexibility index (Phi) is 8.50. The molecule has 0 radical (unpaired) electrons. The monoisotopic (exact) mass is 772 g/mol. The maximum atomic E-state index is 5.53. The zero-order chi connectivity index (χ0) is 40.6. The predicted molar refractivity (Wildman–Crippen MR) is 252 cm³/mol. The quantitative estimate of drug-likeness (QED) is 0.168. The van der Waals surface area contributed by atoms with Crippen molar-refractivity contribution in [3.8, 4) is 67.0 Å². The molecule has 4 aliphatic carbocycles. The van der Waals surface area contributed by atoms with Crippen LogP contribution in [0.2, 0.25) is 0 Å². The van der Waals surface area contributed by atoms with Gasteiger partial charge in [0.25, 0.3) is 0 Å². The Balaban J connectivity index is 0.950. The smallest absolute Gasteiger partial charge is 0.0973 e. The molecule has 60 heavy (non-hydrogen) atoms. The van der Waals surface area contributed by atoms with E-state index in [2.05, 4.69) is 198 Å². The van der Waals surface area contributed by atoms with E-state index in [1.807, 2.05) is 0 Å². The van der Waals surface area contributed by atoms with Crippen molar-refractivity contribution in [2.75, 3.05) is 0 Å². The molecule has 4 aliphatic rings. The Labute approximate surface area is 354 Å². The second-order valence-electron chi connectivity index (χ2n) is 17.9. The molecule has 1 aromatic heterocycles. The SMILES string of the molecule is CC1(C)c2ccccc2-c2cc3c(cc21)-c1ccc(-c2ccc(-c4cccc(-c5nc(-c6ccccc6)c(C6=CCCC=C6)nc5C5=CCCC=C5)c4)cc2)cc1C3(C)C. The van der Waals surface area contributed by atoms with Crippen LogP contribution >= 0.6 is 0 Å². The Morgan fingerprint density at radius 2 is 0.833 bits per heavy atom. The average molecular weight is 773 g/mol. The minimum atomic E-state index is -0.106. The Morgan fingerprint density at radius 3 is 1.47 bits per heavy atom. The molecule has 0 bridgehead atoms. The van der Waals surface area contributed by atoms with Crippen LogP contribution in [0.4, 0.5) is 0 Å². The van der Waals surface area contributed by atoms with E-state index in [-0.39, 0.29) is 10.8 Å². The first-order valence-electron chi connectivity index (χ1n) is 21.6. The van der Waals surface area contributed by atoms with Crippen LogP contribution in [0.25, 0.3) is 78.2 Å². The van der Waals surface area contributed by atoms with E-state index in [1.165, 1.54) is 61.2 Å². The summed E-state index contributed by atoms with van der Waals surface area (Å²) < 4.78 is 0. The van der Waals surface area contributed by atoms with E-state index >= 15 is 0 Å². The molecule has 6 aromatic carbocycles. The van der Waals surface area contributed by atoms with Crippen molar-refractivity contribution >= 4 is 11.1 Å². The maximum Gasteiger partial charge on any atom is 0.0973 e. The van der Waals surface area contributed by atoms with Gasteiger partial charge in [0.15, 0.2) is 0 Å². The van der Waals surface area contributed by atoms with Crippen molar-refractivity contribution in [2.24, 2.45) is 0 Å². The van der Waals surface area contributed by atoms with Crippen LogP contribution in [-0.2, 0) is 10.8 Å². The Hall–Kier alpha value is -6.64. The van der Waals surface area contributed by atoms with Gasteiger partial charge in [0.2, 0.25) is 0 Å². The summed E-state index contributed by atoms with van der Waals surface area (Å²) in [4.78, 5) is 11.0. The third-order valence-corrected chi connectivity index (χ3v) is 13.5. The Bertz CT molecular complexity index is 3000. The summed E-state index contributed by atoms with van der Waals surface area (Å²) in [6, 6.07) is 49.6. The summed E-state index contributed by atoms with van der Waals surface area (Å²) in [5.74, 6) is 0. The van der Waals surface area contributed by atoms with E-state index in [4.69, 9.17) is 9.97 Å². The number of fused-ring (bicyclic) bond motifs is 6. The fourth-order valence-electron chi connectivity index (χ4n) is 10.2. The molecule has 2 nitrogen and oxygen atoms in total. The summed E-state index contributed by atoms with van der Waals surface area (Å²) in [6.07, 6.45) is 17.7. The number of rotatable bonds is 6. The third kappa shape index (κ3) is 5.84. The highest BCUT2D eigenvalue weighted by molar-refractivity contribution is 5.92. The summed E-state index contributed by atoms with van der Waals surface area (Å²) in [5, 5.41) is 0. The van der Waals surface area contributed by atoms with E-state index in [0.717, 1.165) is 76.3 Å². The zero-order valence-electron chi connectivity index (χ0n) is 34.9. The van der Waals surface area contributed by atoms with Crippen molar-refractivity contribution in [3.63, 3.8) is 0 Å². The molecule has 290 valence electrons. The first-order chi connectivity index (χ1) is 29.3. The molecular formula is C58H48N2. The van der Waals surface area contributed by atoms with Crippen molar-refractivity contribution in [2.45, 2.75) is 64.2 Å². The lowest BCUT2D eigenvalue weighted by atomic mass is 9.79. The van der Waals surface area contributed by atoms with Crippen molar-refractivity contribution in [1.29, 1.82) is 0 Å². The van der Waals surface area contributed by atoms with Crippen LogP contribution < -0.4 is 0 Å². The Morgan fingerprint density at radius 1 is 0.350 bits per heavy atom. The molecule has 0 N–H and O–H groups in total. The number of hydrogen-bond acceptors (Lipinski definition) is 2. The minimum Gasteiger partial charge on any atom is -0.243 e. The first-order valence-corrected chi connectivity index (χ1v) is 21.6. The molecule has 0 spiro atoms. The van der Waals surface area contributed by atoms with Gasteiger partial charge in [-0.3, -0.25) is 0 Å². The van der Waals surface area contributed by atoms with Gasteiger partial charge in [0.05, 0.1) is 22.8 Å². The van der Waals surface area contributed by atoms with Gasteiger partial charge in [-0.2, -0.15) is 0 Å². The van der Waals surface area contributed by atoms with Crippen molar-refractivity contribution < 1.29 is 0 Å². The van der Waals surface area contributed by atoms with Gasteiger partial charge < -0.3 is 0 Å². The second kappa shape index (κ2) is 14.0. The largest absolute Gasteiger partial charge is 0.243 e. The lowest BCUT2D eigenvalue weighted by Gasteiger charge is -2.24. The molecule has 0 fully saturated rings. The normalized spacial score (nSPS) is 16.4. The van der Waals surface area contributed by atoms with E-state index < -0.39 is 0 Å². The summed E-state index contributed by atoms with van der Waals surface area (Å²) in [6.45, 7) is 9.54. The molecule has 1 heterocycles. The molecule has 0 saturated heterocycles. The summed E-state index contributed by atoms with van der Waals surface area (Å²) in [7, 11) is 0. The van der Waals surface area contributed by atoms with Gasteiger partial charge in [-0.15, -0.1) is 0 Å².